The van der Waals surface area contributed by atoms with Gasteiger partial charge in [0, 0.05) is 38.5 Å². The number of hydrogen-bond donors (Lipinski definition) is 1. The first-order valence-corrected chi connectivity index (χ1v) is 5.67. The first kappa shape index (κ1) is 12.4. The lowest BCUT2D eigenvalue weighted by Crippen LogP contribution is -2.49. The monoisotopic (exact) mass is 229 g/mol. The van der Waals surface area contributed by atoms with Crippen LogP contribution in [0.2, 0.25) is 0 Å². The molecule has 5 heteroatoms. The predicted octanol–water partition coefficient (Wildman–Crippen LogP) is 0.0727. The molecule has 0 aromatic rings. The summed E-state index contributed by atoms with van der Waals surface area (Å²) < 4.78 is 0. The minimum absolute atomic E-state index is 0.0779. The van der Waals surface area contributed by atoms with Gasteiger partial charge in [0.1, 0.15) is 0 Å². The molecule has 1 aliphatic heterocycles. The number of likely N-dealkylation sites (N-methyl/N-ethyl adjacent to an activating group) is 1. The van der Waals surface area contributed by atoms with E-state index < -0.39 is 0 Å². The zero-order valence-corrected chi connectivity index (χ0v) is 10.2. The Bertz CT molecular complexity index is 249. The number of piperazine rings is 1. The highest BCUT2D eigenvalue weighted by Gasteiger charge is 2.23. The van der Waals surface area contributed by atoms with Crippen molar-refractivity contribution < 1.29 is 4.79 Å². The summed E-state index contributed by atoms with van der Waals surface area (Å²) in [5.41, 5.74) is 5.44. The summed E-state index contributed by atoms with van der Waals surface area (Å²) in [7, 11) is 2.07. The van der Waals surface area contributed by atoms with Crippen LogP contribution in [0.25, 0.3) is 0 Å². The van der Waals surface area contributed by atoms with Crippen molar-refractivity contribution in [3.8, 4) is 0 Å². The van der Waals surface area contributed by atoms with E-state index in [2.05, 4.69) is 11.9 Å². The molecule has 0 saturated carbocycles. The van der Waals surface area contributed by atoms with Gasteiger partial charge in [-0.25, -0.2) is 0 Å². The van der Waals surface area contributed by atoms with Crippen molar-refractivity contribution in [1.82, 2.24) is 9.80 Å². The molecule has 1 unspecified atom stereocenters. The smallest absolute Gasteiger partial charge is 0.225 e. The first-order valence-electron chi connectivity index (χ1n) is 5.26. The minimum atomic E-state index is -0.0779. The third-order valence-corrected chi connectivity index (χ3v) is 2.91. The highest BCUT2D eigenvalue weighted by molar-refractivity contribution is 7.80. The van der Waals surface area contributed by atoms with E-state index in [1.807, 2.05) is 11.8 Å². The van der Waals surface area contributed by atoms with Crippen LogP contribution >= 0.6 is 12.2 Å². The van der Waals surface area contributed by atoms with E-state index in [0.29, 0.717) is 11.4 Å². The molecule has 15 heavy (non-hydrogen) atoms. The van der Waals surface area contributed by atoms with Crippen molar-refractivity contribution in [2.45, 2.75) is 13.3 Å². The topological polar surface area (TPSA) is 49.6 Å². The van der Waals surface area contributed by atoms with Crippen LogP contribution in [0, 0.1) is 5.92 Å². The van der Waals surface area contributed by atoms with E-state index in [4.69, 9.17) is 18.0 Å². The molecule has 4 nitrogen and oxygen atoms in total. The van der Waals surface area contributed by atoms with Crippen LogP contribution in [-0.4, -0.2) is 53.9 Å². The molecule has 1 aliphatic rings. The molecule has 0 spiro atoms. The molecular weight excluding hydrogens is 210 g/mol. The van der Waals surface area contributed by atoms with E-state index in [9.17, 15) is 4.79 Å². The largest absolute Gasteiger partial charge is 0.393 e. The number of hydrogen-bond acceptors (Lipinski definition) is 3. The lowest BCUT2D eigenvalue weighted by Gasteiger charge is -2.33. The van der Waals surface area contributed by atoms with Crippen molar-refractivity contribution in [3.63, 3.8) is 0 Å². The number of rotatable bonds is 3. The molecule has 0 aromatic heterocycles. The second kappa shape index (κ2) is 5.42. The van der Waals surface area contributed by atoms with Crippen molar-refractivity contribution in [2.24, 2.45) is 11.7 Å². The highest BCUT2D eigenvalue weighted by atomic mass is 32.1. The Morgan fingerprint density at radius 1 is 1.40 bits per heavy atom. The van der Waals surface area contributed by atoms with Gasteiger partial charge in [-0.15, -0.1) is 0 Å². The SMILES string of the molecule is CC(CC(N)=S)C(=O)N1CCN(C)CC1. The van der Waals surface area contributed by atoms with Crippen LogP contribution in [0.5, 0.6) is 0 Å². The van der Waals surface area contributed by atoms with E-state index in [1.165, 1.54) is 0 Å². The normalized spacial score (nSPS) is 20.0. The summed E-state index contributed by atoms with van der Waals surface area (Å²) >= 11 is 4.81. The summed E-state index contributed by atoms with van der Waals surface area (Å²) in [5, 5.41) is 0. The average Bonchev–Trinajstić information content (AvgIpc) is 2.17. The maximum Gasteiger partial charge on any atom is 0.225 e. The second-order valence-electron chi connectivity index (χ2n) is 4.20. The Hall–Kier alpha value is -0.680. The molecule has 1 amide bonds. The van der Waals surface area contributed by atoms with E-state index in [-0.39, 0.29) is 11.8 Å². The minimum Gasteiger partial charge on any atom is -0.393 e. The fraction of sp³-hybridized carbons (Fsp3) is 0.800. The zero-order chi connectivity index (χ0) is 11.4. The number of nitrogens with two attached hydrogens (primary N) is 1. The van der Waals surface area contributed by atoms with Gasteiger partial charge in [-0.1, -0.05) is 19.1 Å². The van der Waals surface area contributed by atoms with Crippen LogP contribution in [-0.2, 0) is 4.79 Å². The highest BCUT2D eigenvalue weighted by Crippen LogP contribution is 2.09. The standard InChI is InChI=1S/C10H19N3OS/c1-8(7-9(11)15)10(14)13-5-3-12(2)4-6-13/h8H,3-7H2,1-2H3,(H2,11,15). The van der Waals surface area contributed by atoms with E-state index in [0.717, 1.165) is 26.2 Å². The number of carbonyl (C=O) groups is 1. The van der Waals surface area contributed by atoms with Gasteiger partial charge >= 0.3 is 0 Å². The van der Waals surface area contributed by atoms with Crippen LogP contribution in [0.15, 0.2) is 0 Å². The number of nitrogens with zero attached hydrogens (tertiary/aromatic N) is 2. The zero-order valence-electron chi connectivity index (χ0n) is 9.40. The van der Waals surface area contributed by atoms with Crippen molar-refractivity contribution in [1.29, 1.82) is 0 Å². The van der Waals surface area contributed by atoms with E-state index in [1.54, 1.807) is 0 Å². The third kappa shape index (κ3) is 3.76. The third-order valence-electron chi connectivity index (χ3n) is 2.74. The molecule has 0 aliphatic carbocycles. The van der Waals surface area contributed by atoms with Gasteiger partial charge in [0.25, 0.3) is 0 Å². The summed E-state index contributed by atoms with van der Waals surface area (Å²) in [6, 6.07) is 0. The van der Waals surface area contributed by atoms with Gasteiger partial charge < -0.3 is 15.5 Å². The molecule has 1 rings (SSSR count). The predicted molar refractivity (Wildman–Crippen MR) is 64.6 cm³/mol. The number of amides is 1. The summed E-state index contributed by atoms with van der Waals surface area (Å²) in [6.07, 6.45) is 0.514. The summed E-state index contributed by atoms with van der Waals surface area (Å²) in [6.45, 7) is 5.42. The molecule has 2 N–H and O–H groups in total. The molecule has 0 aromatic carbocycles. The average molecular weight is 229 g/mol. The van der Waals surface area contributed by atoms with Gasteiger partial charge in [-0.2, -0.15) is 0 Å². The maximum absolute atomic E-state index is 11.9. The quantitative estimate of drug-likeness (QED) is 0.696. The first-order chi connectivity index (χ1) is 7.00. The molecule has 1 atom stereocenters. The number of carbonyl (C=O) groups excluding carboxylic acids is 1. The molecule has 0 radical (unpaired) electrons. The molecule has 1 saturated heterocycles. The molecule has 0 bridgehead atoms. The van der Waals surface area contributed by atoms with Crippen molar-refractivity contribution in [3.05, 3.63) is 0 Å². The van der Waals surface area contributed by atoms with Crippen molar-refractivity contribution >= 4 is 23.1 Å². The lowest BCUT2D eigenvalue weighted by molar-refractivity contribution is -0.136. The Morgan fingerprint density at radius 3 is 2.40 bits per heavy atom. The summed E-state index contributed by atoms with van der Waals surface area (Å²) in [4.78, 5) is 16.5. The molecular formula is C10H19N3OS. The van der Waals surface area contributed by atoms with Crippen LogP contribution in [0.1, 0.15) is 13.3 Å². The molecule has 1 fully saturated rings. The Labute approximate surface area is 96.4 Å². The van der Waals surface area contributed by atoms with Gasteiger partial charge in [-0.3, -0.25) is 4.79 Å². The Balaban J connectivity index is 2.42. The van der Waals surface area contributed by atoms with Crippen LogP contribution < -0.4 is 5.73 Å². The maximum atomic E-state index is 11.9. The van der Waals surface area contributed by atoms with Gasteiger partial charge in [0.2, 0.25) is 5.91 Å². The van der Waals surface area contributed by atoms with Gasteiger partial charge in [0.05, 0.1) is 4.99 Å². The van der Waals surface area contributed by atoms with E-state index >= 15 is 0 Å². The molecule has 86 valence electrons. The Morgan fingerprint density at radius 2 is 1.93 bits per heavy atom. The molecule has 1 heterocycles. The Kier molecular flexibility index (Phi) is 4.47. The van der Waals surface area contributed by atoms with Crippen molar-refractivity contribution in [2.75, 3.05) is 33.2 Å². The van der Waals surface area contributed by atoms with Gasteiger partial charge in [0.15, 0.2) is 0 Å². The van der Waals surface area contributed by atoms with Gasteiger partial charge in [-0.05, 0) is 7.05 Å². The lowest BCUT2D eigenvalue weighted by atomic mass is 10.1. The van der Waals surface area contributed by atoms with Crippen LogP contribution in [0.4, 0.5) is 0 Å². The van der Waals surface area contributed by atoms with Crippen LogP contribution in [0.3, 0.4) is 0 Å². The number of thiocarbonyl (C=S) groups is 1. The fourth-order valence-corrected chi connectivity index (χ4v) is 1.98. The second-order valence-corrected chi connectivity index (χ2v) is 4.72. The fourth-order valence-electron chi connectivity index (χ4n) is 1.73. The summed E-state index contributed by atoms with van der Waals surface area (Å²) in [5.74, 6) is 0.0989.